The second-order valence-corrected chi connectivity index (χ2v) is 4.97. The summed E-state index contributed by atoms with van der Waals surface area (Å²) in [5.74, 6) is -2.51. The third-order valence-corrected chi connectivity index (χ3v) is 3.30. The number of rotatable bonds is 4. The van der Waals surface area contributed by atoms with E-state index in [0.29, 0.717) is 0 Å². The molecule has 10 heteroatoms. The number of hydrogen-bond acceptors (Lipinski definition) is 10. The first kappa shape index (κ1) is 15.1. The smallest absolute Gasteiger partial charge is 0.419 e. The molecule has 0 aliphatic carbocycles. The summed E-state index contributed by atoms with van der Waals surface area (Å²) in [6.45, 7) is 0.373. The van der Waals surface area contributed by atoms with Gasteiger partial charge in [0.2, 0.25) is 12.6 Å². The monoisotopic (exact) mass is 290 g/mol. The van der Waals surface area contributed by atoms with Gasteiger partial charge in [0.25, 0.3) is 0 Å². The fourth-order valence-corrected chi connectivity index (χ4v) is 1.63. The van der Waals surface area contributed by atoms with Crippen molar-refractivity contribution >= 4 is 11.9 Å². The molecule has 0 aromatic carbocycles. The third kappa shape index (κ3) is 2.49. The van der Waals surface area contributed by atoms with Gasteiger partial charge in [-0.05, 0) is 0 Å². The van der Waals surface area contributed by atoms with Crippen molar-refractivity contribution in [1.82, 2.24) is 0 Å². The van der Waals surface area contributed by atoms with Crippen LogP contribution in [-0.2, 0) is 28.5 Å². The topological polar surface area (TPSA) is 175 Å². The summed E-state index contributed by atoms with van der Waals surface area (Å²) >= 11 is 0. The molecule has 2 aliphatic heterocycles. The second-order valence-electron chi connectivity index (χ2n) is 4.97. The normalized spacial score (nSPS) is 39.4. The van der Waals surface area contributed by atoms with Crippen molar-refractivity contribution in [3.63, 3.8) is 0 Å². The Morgan fingerprint density at radius 1 is 0.950 bits per heavy atom. The molecule has 10 nitrogen and oxygen atoms in total. The van der Waals surface area contributed by atoms with Crippen LogP contribution in [0.4, 0.5) is 0 Å². The zero-order valence-electron chi connectivity index (χ0n) is 10.7. The molecule has 2 fully saturated rings. The average Bonchev–Trinajstić information content (AvgIpc) is 2.45. The van der Waals surface area contributed by atoms with Crippen LogP contribution in [0.2, 0.25) is 0 Å². The van der Waals surface area contributed by atoms with Crippen molar-refractivity contribution in [2.75, 3.05) is 26.3 Å². The Kier molecular flexibility index (Phi) is 3.95. The predicted octanol–water partition coefficient (Wildman–Crippen LogP) is -3.90. The minimum absolute atomic E-state index is 0.0464. The Morgan fingerprint density at radius 2 is 1.30 bits per heavy atom. The second kappa shape index (κ2) is 5.24. The molecule has 114 valence electrons. The van der Waals surface area contributed by atoms with Gasteiger partial charge in [0, 0.05) is 13.1 Å². The molecular formula is C10H18N4O6. The zero-order valence-corrected chi connectivity index (χ0v) is 10.7. The number of carbonyl (C=O) groups excluding carboxylic acids is 2. The van der Waals surface area contributed by atoms with Crippen molar-refractivity contribution in [3.05, 3.63) is 0 Å². The van der Waals surface area contributed by atoms with Crippen molar-refractivity contribution in [2.45, 2.75) is 23.7 Å². The number of hydrogen-bond donors (Lipinski definition) is 4. The van der Waals surface area contributed by atoms with Gasteiger partial charge in [-0.15, -0.1) is 0 Å². The van der Waals surface area contributed by atoms with E-state index in [1.165, 1.54) is 0 Å². The highest BCUT2D eigenvalue weighted by molar-refractivity contribution is 6.29. The molecule has 0 spiro atoms. The van der Waals surface area contributed by atoms with Crippen LogP contribution >= 0.6 is 0 Å². The molecule has 8 N–H and O–H groups in total. The minimum Gasteiger partial charge on any atom is -0.425 e. The Hall–Kier alpha value is -1.30. The van der Waals surface area contributed by atoms with Crippen molar-refractivity contribution in [2.24, 2.45) is 22.9 Å². The van der Waals surface area contributed by atoms with E-state index in [0.717, 1.165) is 0 Å². The molecule has 2 rings (SSSR count). The quantitative estimate of drug-likeness (QED) is 0.295. The van der Waals surface area contributed by atoms with E-state index in [1.807, 2.05) is 0 Å². The first-order chi connectivity index (χ1) is 9.34. The van der Waals surface area contributed by atoms with Crippen molar-refractivity contribution in [3.8, 4) is 0 Å². The van der Waals surface area contributed by atoms with Crippen LogP contribution in [-0.4, -0.2) is 61.9 Å². The highest BCUT2D eigenvalue weighted by Gasteiger charge is 2.50. The lowest BCUT2D eigenvalue weighted by Gasteiger charge is -2.44. The Morgan fingerprint density at radius 3 is 1.50 bits per heavy atom. The zero-order chi connectivity index (χ0) is 15.0. The standard InChI is InChI=1S/C10H18N4O6/c11-1-9(13)3-17-7(9)19-5(15)6(16)20-8-10(14,2-12)4-18-8/h7-8H,1-4,11-14H2. The summed E-state index contributed by atoms with van der Waals surface area (Å²) in [6, 6.07) is 0. The van der Waals surface area contributed by atoms with Gasteiger partial charge in [0.15, 0.2) is 0 Å². The largest absolute Gasteiger partial charge is 0.425 e. The van der Waals surface area contributed by atoms with Crippen LogP contribution in [0.1, 0.15) is 0 Å². The number of ether oxygens (including phenoxy) is 4. The van der Waals surface area contributed by atoms with Gasteiger partial charge in [0.05, 0.1) is 13.2 Å². The molecule has 2 heterocycles. The van der Waals surface area contributed by atoms with E-state index in [4.69, 9.17) is 41.9 Å². The molecule has 4 atom stereocenters. The van der Waals surface area contributed by atoms with Gasteiger partial charge >= 0.3 is 11.9 Å². The lowest BCUT2D eigenvalue weighted by Crippen LogP contribution is -2.71. The summed E-state index contributed by atoms with van der Waals surface area (Å²) in [5, 5.41) is 0. The average molecular weight is 290 g/mol. The maximum atomic E-state index is 11.5. The van der Waals surface area contributed by atoms with E-state index >= 15 is 0 Å². The molecule has 2 aliphatic rings. The number of nitrogens with two attached hydrogens (primary N) is 4. The number of carbonyl (C=O) groups is 2. The lowest BCUT2D eigenvalue weighted by atomic mass is 9.97. The molecule has 0 aromatic rings. The SMILES string of the molecule is NCC1(N)COC1OC(=O)C(=O)OC1OCC1(N)CN. The summed E-state index contributed by atoms with van der Waals surface area (Å²) in [5.41, 5.74) is 20.4. The van der Waals surface area contributed by atoms with Gasteiger partial charge < -0.3 is 41.9 Å². The molecule has 2 saturated heterocycles. The van der Waals surface area contributed by atoms with Crippen molar-refractivity contribution in [1.29, 1.82) is 0 Å². The van der Waals surface area contributed by atoms with Crippen LogP contribution in [0.3, 0.4) is 0 Å². The molecule has 0 amide bonds. The molecule has 0 aromatic heterocycles. The van der Waals surface area contributed by atoms with E-state index in [1.54, 1.807) is 0 Å². The summed E-state index contributed by atoms with van der Waals surface area (Å²) in [4.78, 5) is 23.0. The summed E-state index contributed by atoms with van der Waals surface area (Å²) < 4.78 is 19.4. The minimum atomic E-state index is -1.26. The van der Waals surface area contributed by atoms with E-state index < -0.39 is 35.6 Å². The van der Waals surface area contributed by atoms with Crippen LogP contribution in [0.25, 0.3) is 0 Å². The van der Waals surface area contributed by atoms with Crippen molar-refractivity contribution < 1.29 is 28.5 Å². The van der Waals surface area contributed by atoms with Crippen LogP contribution in [0, 0.1) is 0 Å². The van der Waals surface area contributed by atoms with Crippen LogP contribution in [0.5, 0.6) is 0 Å². The maximum Gasteiger partial charge on any atom is 0.419 e. The summed E-state index contributed by atoms with van der Waals surface area (Å²) in [6.07, 6.45) is -2.15. The predicted molar refractivity (Wildman–Crippen MR) is 63.6 cm³/mol. The molecule has 0 bridgehead atoms. The fraction of sp³-hybridized carbons (Fsp3) is 0.800. The van der Waals surface area contributed by atoms with Gasteiger partial charge in [-0.2, -0.15) is 0 Å². The Bertz CT molecular complexity index is 375. The third-order valence-electron chi connectivity index (χ3n) is 3.30. The van der Waals surface area contributed by atoms with Crippen LogP contribution < -0.4 is 22.9 Å². The first-order valence-corrected chi connectivity index (χ1v) is 5.97. The Labute approximate surface area is 114 Å². The van der Waals surface area contributed by atoms with E-state index in [-0.39, 0.29) is 26.3 Å². The van der Waals surface area contributed by atoms with E-state index in [2.05, 4.69) is 0 Å². The summed E-state index contributed by atoms with van der Waals surface area (Å²) in [7, 11) is 0. The first-order valence-electron chi connectivity index (χ1n) is 5.97. The number of esters is 2. The molecule has 0 radical (unpaired) electrons. The highest BCUT2D eigenvalue weighted by atomic mass is 16.8. The van der Waals surface area contributed by atoms with Crippen LogP contribution in [0.15, 0.2) is 0 Å². The van der Waals surface area contributed by atoms with Gasteiger partial charge in [-0.25, -0.2) is 9.59 Å². The fourth-order valence-electron chi connectivity index (χ4n) is 1.63. The van der Waals surface area contributed by atoms with Gasteiger partial charge in [-0.3, -0.25) is 0 Å². The lowest BCUT2D eigenvalue weighted by molar-refractivity contribution is -0.272. The molecule has 4 unspecified atom stereocenters. The Balaban J connectivity index is 1.83. The van der Waals surface area contributed by atoms with Gasteiger partial charge in [0.1, 0.15) is 11.1 Å². The highest BCUT2D eigenvalue weighted by Crippen LogP contribution is 2.25. The maximum absolute atomic E-state index is 11.5. The molecular weight excluding hydrogens is 272 g/mol. The van der Waals surface area contributed by atoms with Gasteiger partial charge in [-0.1, -0.05) is 0 Å². The molecule has 0 saturated carbocycles. The molecule has 20 heavy (non-hydrogen) atoms. The van der Waals surface area contributed by atoms with E-state index in [9.17, 15) is 9.59 Å².